The third-order valence-electron chi connectivity index (χ3n) is 3.91. The van der Waals surface area contributed by atoms with E-state index in [2.05, 4.69) is 10.3 Å². The largest absolute Gasteiger partial charge is 0.491 e. The van der Waals surface area contributed by atoms with Crippen LogP contribution in [0.25, 0.3) is 10.8 Å². The number of carbonyl (C=O) groups excluding carboxylic acids is 1. The molecular formula is C20H20N2O4. The highest BCUT2D eigenvalue weighted by molar-refractivity contribution is 5.96. The Bertz CT molecular complexity index is 965. The molecule has 0 fully saturated rings. The van der Waals surface area contributed by atoms with Crippen LogP contribution in [0.2, 0.25) is 0 Å². The van der Waals surface area contributed by atoms with Gasteiger partial charge in [-0.2, -0.15) is 0 Å². The molecule has 0 radical (unpaired) electrons. The van der Waals surface area contributed by atoms with Gasteiger partial charge in [0.2, 0.25) is 0 Å². The molecule has 0 saturated heterocycles. The van der Waals surface area contributed by atoms with E-state index >= 15 is 0 Å². The number of ether oxygens (including phenoxy) is 2. The van der Waals surface area contributed by atoms with E-state index in [-0.39, 0.29) is 17.2 Å². The number of fused-ring (bicyclic) bond motifs is 1. The minimum absolute atomic E-state index is 0.237. The lowest BCUT2D eigenvalue weighted by molar-refractivity contribution is 0.0946. The third-order valence-corrected chi connectivity index (χ3v) is 3.91. The quantitative estimate of drug-likeness (QED) is 0.640. The molecule has 26 heavy (non-hydrogen) atoms. The number of methoxy groups -OCH3 is 1. The van der Waals surface area contributed by atoms with Gasteiger partial charge >= 0.3 is 0 Å². The van der Waals surface area contributed by atoms with E-state index in [1.54, 1.807) is 25.3 Å². The molecule has 134 valence electrons. The summed E-state index contributed by atoms with van der Waals surface area (Å²) in [4.78, 5) is 27.1. The SMILES string of the molecule is COCCOc1cccc(CNC(=O)c2cc3ccccc3c(=O)[nH]2)c1. The average molecular weight is 352 g/mol. The van der Waals surface area contributed by atoms with Crippen LogP contribution in [-0.2, 0) is 11.3 Å². The molecule has 0 saturated carbocycles. The normalized spacial score (nSPS) is 10.7. The number of hydrogen-bond acceptors (Lipinski definition) is 4. The number of pyridine rings is 1. The number of aromatic nitrogens is 1. The van der Waals surface area contributed by atoms with Crippen molar-refractivity contribution >= 4 is 16.7 Å². The number of carbonyl (C=O) groups is 1. The maximum absolute atomic E-state index is 12.4. The summed E-state index contributed by atoms with van der Waals surface area (Å²) in [5.74, 6) is 0.381. The van der Waals surface area contributed by atoms with Crippen LogP contribution in [0.15, 0.2) is 59.4 Å². The van der Waals surface area contributed by atoms with Crippen molar-refractivity contribution in [3.8, 4) is 5.75 Å². The van der Waals surface area contributed by atoms with Crippen LogP contribution in [0.5, 0.6) is 5.75 Å². The van der Waals surface area contributed by atoms with E-state index in [1.165, 1.54) is 0 Å². The first-order valence-corrected chi connectivity index (χ1v) is 8.28. The Morgan fingerprint density at radius 1 is 1.08 bits per heavy atom. The second-order valence-corrected chi connectivity index (χ2v) is 5.77. The van der Waals surface area contributed by atoms with E-state index in [9.17, 15) is 9.59 Å². The lowest BCUT2D eigenvalue weighted by Gasteiger charge is -2.09. The lowest BCUT2D eigenvalue weighted by Crippen LogP contribution is -2.26. The first-order valence-electron chi connectivity index (χ1n) is 8.28. The molecular weight excluding hydrogens is 332 g/mol. The molecule has 2 aromatic carbocycles. The molecule has 3 aromatic rings. The molecule has 6 heteroatoms. The Labute approximate surface area is 150 Å². The molecule has 2 N–H and O–H groups in total. The van der Waals surface area contributed by atoms with E-state index < -0.39 is 0 Å². The minimum atomic E-state index is -0.335. The molecule has 3 rings (SSSR count). The molecule has 1 aromatic heterocycles. The molecule has 6 nitrogen and oxygen atoms in total. The molecule has 1 amide bonds. The van der Waals surface area contributed by atoms with Crippen molar-refractivity contribution in [3.05, 3.63) is 76.2 Å². The van der Waals surface area contributed by atoms with Crippen molar-refractivity contribution in [3.63, 3.8) is 0 Å². The summed E-state index contributed by atoms with van der Waals surface area (Å²) in [5, 5.41) is 4.10. The lowest BCUT2D eigenvalue weighted by atomic mass is 10.1. The Morgan fingerprint density at radius 3 is 2.77 bits per heavy atom. The zero-order valence-corrected chi connectivity index (χ0v) is 14.5. The second kappa shape index (κ2) is 8.31. The van der Waals surface area contributed by atoms with Crippen LogP contribution >= 0.6 is 0 Å². The summed E-state index contributed by atoms with van der Waals surface area (Å²) >= 11 is 0. The number of H-pyrrole nitrogens is 1. The van der Waals surface area contributed by atoms with E-state index in [4.69, 9.17) is 9.47 Å². The summed E-state index contributed by atoms with van der Waals surface area (Å²) < 4.78 is 10.5. The summed E-state index contributed by atoms with van der Waals surface area (Å²) in [6.45, 7) is 1.30. The molecule has 0 unspecified atom stereocenters. The van der Waals surface area contributed by atoms with Gasteiger partial charge in [0.25, 0.3) is 11.5 Å². The van der Waals surface area contributed by atoms with Crippen molar-refractivity contribution in [2.24, 2.45) is 0 Å². The minimum Gasteiger partial charge on any atom is -0.491 e. The Kier molecular flexibility index (Phi) is 5.66. The third kappa shape index (κ3) is 4.29. The van der Waals surface area contributed by atoms with Crippen LogP contribution in [0, 0.1) is 0 Å². The topological polar surface area (TPSA) is 80.4 Å². The number of rotatable bonds is 7. The average Bonchev–Trinajstić information content (AvgIpc) is 2.66. The number of nitrogens with one attached hydrogen (secondary N) is 2. The van der Waals surface area contributed by atoms with Gasteiger partial charge in [-0.05, 0) is 35.2 Å². The predicted molar refractivity (Wildman–Crippen MR) is 99.6 cm³/mol. The fourth-order valence-corrected chi connectivity index (χ4v) is 2.60. The Hall–Kier alpha value is -3.12. The molecule has 1 heterocycles. The zero-order chi connectivity index (χ0) is 18.4. The molecule has 0 aliphatic heterocycles. The second-order valence-electron chi connectivity index (χ2n) is 5.77. The van der Waals surface area contributed by atoms with Gasteiger partial charge in [0.05, 0.1) is 6.61 Å². The van der Waals surface area contributed by atoms with Crippen molar-refractivity contribution in [1.29, 1.82) is 0 Å². The summed E-state index contributed by atoms with van der Waals surface area (Å²) in [5.41, 5.74) is 0.861. The first kappa shape index (κ1) is 17.7. The summed E-state index contributed by atoms with van der Waals surface area (Å²) in [6.07, 6.45) is 0. The molecule has 0 spiro atoms. The van der Waals surface area contributed by atoms with Crippen LogP contribution in [-0.4, -0.2) is 31.2 Å². The first-order chi connectivity index (χ1) is 12.7. The van der Waals surface area contributed by atoms with Crippen molar-refractivity contribution in [1.82, 2.24) is 10.3 Å². The standard InChI is InChI=1S/C20H20N2O4/c1-25-9-10-26-16-7-4-5-14(11-16)13-21-20(24)18-12-15-6-2-3-8-17(15)19(23)22-18/h2-8,11-12H,9-10,13H2,1H3,(H,21,24)(H,22,23). The number of amides is 1. The fraction of sp³-hybridized carbons (Fsp3) is 0.200. The Balaban J connectivity index is 1.67. The Morgan fingerprint density at radius 2 is 1.92 bits per heavy atom. The smallest absolute Gasteiger partial charge is 0.268 e. The highest BCUT2D eigenvalue weighted by Gasteiger charge is 2.09. The monoisotopic (exact) mass is 352 g/mol. The van der Waals surface area contributed by atoms with Crippen LogP contribution in [0.4, 0.5) is 0 Å². The van der Waals surface area contributed by atoms with Gasteiger partial charge in [0, 0.05) is 19.0 Å². The van der Waals surface area contributed by atoms with Crippen LogP contribution in [0.1, 0.15) is 16.1 Å². The molecule has 0 atom stereocenters. The summed E-state index contributed by atoms with van der Waals surface area (Å²) in [6, 6.07) is 16.3. The van der Waals surface area contributed by atoms with E-state index in [0.29, 0.717) is 30.9 Å². The van der Waals surface area contributed by atoms with Crippen LogP contribution in [0.3, 0.4) is 0 Å². The number of hydrogen-bond donors (Lipinski definition) is 2. The zero-order valence-electron chi connectivity index (χ0n) is 14.5. The van der Waals surface area contributed by atoms with Crippen LogP contribution < -0.4 is 15.6 Å². The van der Waals surface area contributed by atoms with Crippen molar-refractivity contribution < 1.29 is 14.3 Å². The molecule has 0 aliphatic rings. The maximum Gasteiger partial charge on any atom is 0.268 e. The van der Waals surface area contributed by atoms with Crippen molar-refractivity contribution in [2.45, 2.75) is 6.54 Å². The summed E-state index contributed by atoms with van der Waals surface area (Å²) in [7, 11) is 1.62. The number of aromatic amines is 1. The number of benzene rings is 2. The van der Waals surface area contributed by atoms with Crippen molar-refractivity contribution in [2.75, 3.05) is 20.3 Å². The van der Waals surface area contributed by atoms with Gasteiger partial charge in [-0.3, -0.25) is 9.59 Å². The predicted octanol–water partition coefficient (Wildman–Crippen LogP) is 2.48. The van der Waals surface area contributed by atoms with E-state index in [0.717, 1.165) is 10.9 Å². The maximum atomic E-state index is 12.4. The van der Waals surface area contributed by atoms with Gasteiger partial charge in [0.15, 0.2) is 0 Å². The molecule has 0 bridgehead atoms. The van der Waals surface area contributed by atoms with Gasteiger partial charge in [-0.15, -0.1) is 0 Å². The van der Waals surface area contributed by atoms with Gasteiger partial charge in [-0.25, -0.2) is 0 Å². The highest BCUT2D eigenvalue weighted by Crippen LogP contribution is 2.14. The molecule has 0 aliphatic carbocycles. The highest BCUT2D eigenvalue weighted by atomic mass is 16.5. The fourth-order valence-electron chi connectivity index (χ4n) is 2.60. The van der Waals surface area contributed by atoms with Gasteiger partial charge in [0.1, 0.15) is 18.1 Å². The van der Waals surface area contributed by atoms with Gasteiger partial charge < -0.3 is 19.8 Å². The van der Waals surface area contributed by atoms with Gasteiger partial charge in [-0.1, -0.05) is 30.3 Å². The van der Waals surface area contributed by atoms with E-state index in [1.807, 2.05) is 36.4 Å².